The van der Waals surface area contributed by atoms with Gasteiger partial charge in [-0.15, -0.1) is 10.2 Å². The highest BCUT2D eigenvalue weighted by Gasteiger charge is 2.38. The van der Waals surface area contributed by atoms with E-state index in [-0.39, 0.29) is 31.1 Å². The predicted molar refractivity (Wildman–Crippen MR) is 131 cm³/mol. The summed E-state index contributed by atoms with van der Waals surface area (Å²) < 4.78 is 57.9. The molecule has 39 heavy (non-hydrogen) atoms. The highest BCUT2D eigenvalue weighted by molar-refractivity contribution is 5.63. The predicted octanol–water partition coefficient (Wildman–Crippen LogP) is 3.92. The van der Waals surface area contributed by atoms with Crippen molar-refractivity contribution in [2.75, 3.05) is 25.6 Å². The number of hydrogen-bond acceptors (Lipinski definition) is 10. The summed E-state index contributed by atoms with van der Waals surface area (Å²) >= 11 is 0. The van der Waals surface area contributed by atoms with Crippen LogP contribution in [0.4, 0.5) is 19.1 Å². The Morgan fingerprint density at radius 3 is 2.56 bits per heavy atom. The zero-order chi connectivity index (χ0) is 27.0. The third-order valence-corrected chi connectivity index (χ3v) is 6.89. The number of alkyl halides is 3. The Bertz CT molecular complexity index is 1460. The minimum Gasteiger partial charge on any atom is -0.469 e. The molecule has 5 heterocycles. The molecule has 2 fully saturated rings. The quantitative estimate of drug-likeness (QED) is 0.368. The van der Waals surface area contributed by atoms with Crippen LogP contribution in [0.2, 0.25) is 0 Å². The number of aromatic nitrogens is 7. The van der Waals surface area contributed by atoms with Crippen molar-refractivity contribution in [2.45, 2.75) is 49.9 Å². The van der Waals surface area contributed by atoms with Crippen LogP contribution in [0.15, 0.2) is 36.9 Å². The molecule has 0 aromatic carbocycles. The second kappa shape index (κ2) is 10.2. The molecule has 1 saturated carbocycles. The summed E-state index contributed by atoms with van der Waals surface area (Å²) in [5.74, 6) is 0.497. The lowest BCUT2D eigenvalue weighted by atomic mass is 9.85. The summed E-state index contributed by atoms with van der Waals surface area (Å²) in [4.78, 5) is 16.4. The van der Waals surface area contributed by atoms with Gasteiger partial charge in [0.2, 0.25) is 11.8 Å². The van der Waals surface area contributed by atoms with Gasteiger partial charge in [-0.3, -0.25) is 4.40 Å². The number of pyridine rings is 1. The first-order valence-corrected chi connectivity index (χ1v) is 12.5. The zero-order valence-electron chi connectivity index (χ0n) is 20.9. The van der Waals surface area contributed by atoms with Crippen LogP contribution in [0.25, 0.3) is 16.8 Å². The highest BCUT2D eigenvalue weighted by Crippen LogP contribution is 2.37. The Hall–Kier alpha value is -4.07. The number of nitrogens with one attached hydrogen (secondary N) is 1. The van der Waals surface area contributed by atoms with Gasteiger partial charge in [0.1, 0.15) is 17.5 Å². The van der Waals surface area contributed by atoms with Crippen molar-refractivity contribution in [3.8, 4) is 23.0 Å². The molecule has 4 aromatic heterocycles. The summed E-state index contributed by atoms with van der Waals surface area (Å²) in [5.41, 5.74) is 1.44. The summed E-state index contributed by atoms with van der Waals surface area (Å²) in [5, 5.41) is 12.0. The van der Waals surface area contributed by atoms with Crippen LogP contribution in [-0.2, 0) is 10.9 Å². The Balaban J connectivity index is 1.21. The Morgan fingerprint density at radius 1 is 1.03 bits per heavy atom. The normalized spacial score (nSPS) is 20.0. The molecule has 1 aliphatic carbocycles. The van der Waals surface area contributed by atoms with Gasteiger partial charge in [-0.1, -0.05) is 6.42 Å². The van der Waals surface area contributed by atoms with E-state index in [2.05, 4.69) is 35.5 Å². The lowest BCUT2D eigenvalue weighted by Gasteiger charge is -2.30. The number of fused-ring (bicyclic) bond motifs is 1. The van der Waals surface area contributed by atoms with E-state index in [4.69, 9.17) is 14.2 Å². The molecule has 0 spiro atoms. The number of nitrogens with zero attached hydrogens (tertiary/aromatic N) is 7. The smallest absolute Gasteiger partial charge is 0.423 e. The lowest BCUT2D eigenvalue weighted by molar-refractivity contribution is -0.142. The van der Waals surface area contributed by atoms with Gasteiger partial charge in [0.25, 0.3) is 0 Å². The number of halogens is 3. The molecular weight excluding hydrogens is 517 g/mol. The van der Waals surface area contributed by atoms with Gasteiger partial charge in [0.05, 0.1) is 20.3 Å². The maximum absolute atomic E-state index is 13.5. The molecule has 0 unspecified atom stereocenters. The summed E-state index contributed by atoms with van der Waals surface area (Å²) in [6.45, 7) is 0.460. The van der Waals surface area contributed by atoms with Crippen molar-refractivity contribution in [2.24, 2.45) is 0 Å². The maximum atomic E-state index is 13.5. The first kappa shape index (κ1) is 25.2. The van der Waals surface area contributed by atoms with Gasteiger partial charge in [-0.25, -0.2) is 15.0 Å². The first-order chi connectivity index (χ1) is 18.9. The molecule has 0 bridgehead atoms. The topological polar surface area (TPSA) is 121 Å². The van der Waals surface area contributed by atoms with Crippen molar-refractivity contribution in [3.05, 3.63) is 48.3 Å². The third-order valence-electron chi connectivity index (χ3n) is 6.89. The van der Waals surface area contributed by atoms with Gasteiger partial charge < -0.3 is 19.5 Å². The number of ether oxygens (including phenoxy) is 3. The highest BCUT2D eigenvalue weighted by atomic mass is 19.4. The van der Waals surface area contributed by atoms with E-state index in [1.807, 2.05) is 22.7 Å². The van der Waals surface area contributed by atoms with Crippen molar-refractivity contribution in [3.63, 3.8) is 0 Å². The van der Waals surface area contributed by atoms with E-state index in [1.165, 1.54) is 7.11 Å². The Kier molecular flexibility index (Phi) is 6.62. The number of rotatable bonds is 7. The van der Waals surface area contributed by atoms with E-state index < -0.39 is 23.7 Å². The maximum Gasteiger partial charge on any atom is 0.423 e. The molecule has 0 amide bonds. The van der Waals surface area contributed by atoms with Crippen LogP contribution in [0.3, 0.4) is 0 Å². The molecule has 11 nitrogen and oxygen atoms in total. The molecule has 1 aliphatic heterocycles. The largest absolute Gasteiger partial charge is 0.469 e. The standard InChI is InChI=1S/C25H25F3N8O3/c1-37-24-30-8-16(9-31-24)15-5-6-20-34-35-21(36(20)11-15)14-3-2-4-17(7-14)32-23-29-10-19(25(26,27)28)22(33-23)39-18-12-38-13-18/h5-6,8-11,14,17-18H,2-4,7,12-13H2,1H3,(H,29,32,33)/t14-,17+/m0/s1. The molecule has 0 radical (unpaired) electrons. The molecule has 204 valence electrons. The Labute approximate surface area is 220 Å². The van der Waals surface area contributed by atoms with Crippen molar-refractivity contribution in [1.29, 1.82) is 0 Å². The second-order valence-corrected chi connectivity index (χ2v) is 9.55. The number of methoxy groups -OCH3 is 1. The van der Waals surface area contributed by atoms with Crippen LogP contribution in [0.5, 0.6) is 11.9 Å². The molecular formula is C25H25F3N8O3. The first-order valence-electron chi connectivity index (χ1n) is 12.5. The van der Waals surface area contributed by atoms with E-state index in [0.29, 0.717) is 18.1 Å². The second-order valence-electron chi connectivity index (χ2n) is 9.55. The average Bonchev–Trinajstić information content (AvgIpc) is 3.34. The molecule has 4 aromatic rings. The molecule has 1 saturated heterocycles. The van der Waals surface area contributed by atoms with Crippen LogP contribution in [0.1, 0.15) is 43.0 Å². The van der Waals surface area contributed by atoms with Gasteiger partial charge in [-0.05, 0) is 31.4 Å². The lowest BCUT2D eigenvalue weighted by Crippen LogP contribution is -2.39. The third kappa shape index (κ3) is 5.28. The van der Waals surface area contributed by atoms with E-state index in [0.717, 1.165) is 42.4 Å². The fourth-order valence-electron chi connectivity index (χ4n) is 4.83. The van der Waals surface area contributed by atoms with Gasteiger partial charge >= 0.3 is 12.2 Å². The van der Waals surface area contributed by atoms with Gasteiger partial charge in [-0.2, -0.15) is 18.2 Å². The number of hydrogen-bond donors (Lipinski definition) is 1. The average molecular weight is 543 g/mol. The van der Waals surface area contributed by atoms with Gasteiger partial charge in [0.15, 0.2) is 5.65 Å². The summed E-state index contributed by atoms with van der Waals surface area (Å²) in [7, 11) is 1.51. The van der Waals surface area contributed by atoms with E-state index in [9.17, 15) is 13.2 Å². The van der Waals surface area contributed by atoms with Crippen LogP contribution < -0.4 is 14.8 Å². The van der Waals surface area contributed by atoms with Gasteiger partial charge in [0, 0.05) is 47.9 Å². The molecule has 2 aliphatic rings. The summed E-state index contributed by atoms with van der Waals surface area (Å²) in [6, 6.07) is 4.05. The fraction of sp³-hybridized carbons (Fsp3) is 0.440. The Morgan fingerprint density at radius 2 is 1.85 bits per heavy atom. The monoisotopic (exact) mass is 542 g/mol. The summed E-state index contributed by atoms with van der Waals surface area (Å²) in [6.07, 6.45) is 4.33. The van der Waals surface area contributed by atoms with Crippen LogP contribution in [0, 0.1) is 0 Å². The van der Waals surface area contributed by atoms with Crippen molar-refractivity contribution in [1.82, 2.24) is 34.5 Å². The van der Waals surface area contributed by atoms with Crippen molar-refractivity contribution >= 4 is 11.6 Å². The SMILES string of the molecule is COc1ncc(-c2ccc3nnc([C@H]4CCC[C@@H](Nc5ncc(C(F)(F)F)c(OC6COC6)n5)C4)n3c2)cn1. The minimum atomic E-state index is -4.63. The molecule has 1 N–H and O–H groups in total. The number of anilines is 1. The molecule has 14 heteroatoms. The van der Waals surface area contributed by atoms with Crippen molar-refractivity contribution < 1.29 is 27.4 Å². The van der Waals surface area contributed by atoms with E-state index >= 15 is 0 Å². The van der Waals surface area contributed by atoms with Crippen LogP contribution >= 0.6 is 0 Å². The molecule has 6 rings (SSSR count). The van der Waals surface area contributed by atoms with Crippen LogP contribution in [-0.4, -0.2) is 67.0 Å². The molecule has 2 atom stereocenters. The van der Waals surface area contributed by atoms with E-state index in [1.54, 1.807) is 12.4 Å². The fourth-order valence-corrected chi connectivity index (χ4v) is 4.83. The minimum absolute atomic E-state index is 0.0640. The zero-order valence-corrected chi connectivity index (χ0v) is 20.9.